The van der Waals surface area contributed by atoms with E-state index in [1.54, 1.807) is 7.05 Å². The van der Waals surface area contributed by atoms with Crippen LogP contribution < -0.4 is 10.6 Å². The number of amides is 2. The first-order valence-electron chi connectivity index (χ1n) is 9.51. The third-order valence-corrected chi connectivity index (χ3v) is 5.90. The molecule has 0 saturated heterocycles. The van der Waals surface area contributed by atoms with Crippen molar-refractivity contribution in [3.05, 3.63) is 35.3 Å². The molecule has 3 aromatic rings. The van der Waals surface area contributed by atoms with Crippen molar-refractivity contribution in [1.82, 2.24) is 25.1 Å². The van der Waals surface area contributed by atoms with E-state index in [-0.39, 0.29) is 12.1 Å². The molecule has 0 saturated carbocycles. The average Bonchev–Trinajstić information content (AvgIpc) is 3.19. The Balaban J connectivity index is 1.88. The van der Waals surface area contributed by atoms with Gasteiger partial charge in [0.1, 0.15) is 0 Å². The summed E-state index contributed by atoms with van der Waals surface area (Å²) in [6, 6.07) is 4.07. The van der Waals surface area contributed by atoms with E-state index in [0.717, 1.165) is 52.5 Å². The molecular formula is C20H24N6OS. The fourth-order valence-corrected chi connectivity index (χ4v) is 4.58. The molecule has 0 aliphatic heterocycles. The van der Waals surface area contributed by atoms with Gasteiger partial charge in [-0.2, -0.15) is 5.10 Å². The van der Waals surface area contributed by atoms with E-state index in [1.807, 2.05) is 19.2 Å². The van der Waals surface area contributed by atoms with Crippen LogP contribution in [0.4, 0.5) is 9.93 Å². The zero-order valence-corrected chi connectivity index (χ0v) is 17.4. The van der Waals surface area contributed by atoms with Crippen molar-refractivity contribution in [3.63, 3.8) is 0 Å². The van der Waals surface area contributed by atoms with Crippen molar-refractivity contribution < 1.29 is 4.79 Å². The summed E-state index contributed by atoms with van der Waals surface area (Å²) in [5.74, 6) is 0. The highest BCUT2D eigenvalue weighted by Crippen LogP contribution is 2.43. The summed E-state index contributed by atoms with van der Waals surface area (Å²) in [4.78, 5) is 22.0. The Bertz CT molecular complexity index is 1020. The van der Waals surface area contributed by atoms with Gasteiger partial charge in [-0.25, -0.2) is 9.78 Å². The summed E-state index contributed by atoms with van der Waals surface area (Å²) in [7, 11) is 1.60. The van der Waals surface area contributed by atoms with Crippen molar-refractivity contribution in [2.75, 3.05) is 12.4 Å². The lowest BCUT2D eigenvalue weighted by Crippen LogP contribution is -2.24. The standard InChI is InChI=1S/C20H24N6OS/c1-11(2)26-17-14(16(25-26)13-9-8-12(3)22-10-13)6-5-7-15-18(17)28-20(23-15)24-19(27)21-4/h8-11H,5-7H2,1-4H3,(H2,21,23,24,27). The Labute approximate surface area is 168 Å². The van der Waals surface area contributed by atoms with Gasteiger partial charge in [0.2, 0.25) is 0 Å². The Morgan fingerprint density at radius 2 is 2.11 bits per heavy atom. The van der Waals surface area contributed by atoms with Crippen LogP contribution in [0.2, 0.25) is 0 Å². The first-order chi connectivity index (χ1) is 13.5. The highest BCUT2D eigenvalue weighted by atomic mass is 32.1. The average molecular weight is 397 g/mol. The first kappa shape index (κ1) is 18.6. The molecule has 0 bridgehead atoms. The zero-order valence-electron chi connectivity index (χ0n) is 16.5. The third kappa shape index (κ3) is 3.28. The van der Waals surface area contributed by atoms with E-state index >= 15 is 0 Å². The van der Waals surface area contributed by atoms with Gasteiger partial charge in [0.25, 0.3) is 0 Å². The summed E-state index contributed by atoms with van der Waals surface area (Å²) in [6.45, 7) is 6.26. The van der Waals surface area contributed by atoms with Crippen LogP contribution in [-0.4, -0.2) is 32.8 Å². The summed E-state index contributed by atoms with van der Waals surface area (Å²) in [5, 5.41) is 11.0. The normalized spacial score (nSPS) is 13.0. The van der Waals surface area contributed by atoms with E-state index in [4.69, 9.17) is 5.10 Å². The maximum absolute atomic E-state index is 11.7. The number of urea groups is 1. The number of nitrogens with zero attached hydrogens (tertiary/aromatic N) is 4. The van der Waals surface area contributed by atoms with Crippen molar-refractivity contribution in [3.8, 4) is 21.8 Å². The van der Waals surface area contributed by atoms with Gasteiger partial charge in [-0.1, -0.05) is 11.3 Å². The Kier molecular flexibility index (Phi) is 4.89. The second-order valence-corrected chi connectivity index (χ2v) is 8.25. The Hall–Kier alpha value is -2.74. The number of fused-ring (bicyclic) bond motifs is 3. The number of rotatable bonds is 3. The summed E-state index contributed by atoms with van der Waals surface area (Å²) in [6.07, 6.45) is 4.74. The summed E-state index contributed by atoms with van der Waals surface area (Å²) >= 11 is 1.52. The van der Waals surface area contributed by atoms with Crippen LogP contribution in [0, 0.1) is 6.92 Å². The second kappa shape index (κ2) is 7.35. The topological polar surface area (TPSA) is 84.7 Å². The highest BCUT2D eigenvalue weighted by Gasteiger charge is 2.28. The minimum Gasteiger partial charge on any atom is -0.341 e. The number of thiazole rings is 1. The van der Waals surface area contributed by atoms with Gasteiger partial charge >= 0.3 is 6.03 Å². The third-order valence-electron chi connectivity index (χ3n) is 4.88. The van der Waals surface area contributed by atoms with Crippen LogP contribution in [0.15, 0.2) is 18.3 Å². The lowest BCUT2D eigenvalue weighted by Gasteiger charge is -2.10. The number of carbonyl (C=O) groups excluding carboxylic acids is 1. The van der Waals surface area contributed by atoms with E-state index in [0.29, 0.717) is 5.13 Å². The maximum atomic E-state index is 11.7. The summed E-state index contributed by atoms with van der Waals surface area (Å²) < 4.78 is 2.09. The number of carbonyl (C=O) groups is 1. The van der Waals surface area contributed by atoms with Crippen molar-refractivity contribution in [1.29, 1.82) is 0 Å². The number of aryl methyl sites for hydroxylation is 2. The predicted octanol–water partition coefficient (Wildman–Crippen LogP) is 4.20. The molecule has 1 aliphatic carbocycles. The van der Waals surface area contributed by atoms with Gasteiger partial charge in [-0.05, 0) is 52.2 Å². The van der Waals surface area contributed by atoms with E-state index < -0.39 is 0 Å². The van der Waals surface area contributed by atoms with Gasteiger partial charge in [-0.15, -0.1) is 0 Å². The predicted molar refractivity (Wildman–Crippen MR) is 112 cm³/mol. The largest absolute Gasteiger partial charge is 0.341 e. The molecule has 2 N–H and O–H groups in total. The quantitative estimate of drug-likeness (QED) is 0.695. The molecule has 8 heteroatoms. The number of hydrogen-bond donors (Lipinski definition) is 2. The van der Waals surface area contributed by atoms with Crippen LogP contribution in [0.1, 0.15) is 43.3 Å². The first-order valence-corrected chi connectivity index (χ1v) is 10.3. The van der Waals surface area contributed by atoms with Crippen molar-refractivity contribution in [2.45, 2.75) is 46.1 Å². The molecule has 4 rings (SSSR count). The minimum absolute atomic E-state index is 0.212. The van der Waals surface area contributed by atoms with Gasteiger partial charge in [-0.3, -0.25) is 15.0 Å². The van der Waals surface area contributed by atoms with Crippen LogP contribution in [0.25, 0.3) is 21.8 Å². The molecule has 0 fully saturated rings. The molecule has 2 amide bonds. The van der Waals surface area contributed by atoms with Crippen LogP contribution in [0.5, 0.6) is 0 Å². The van der Waals surface area contributed by atoms with Crippen LogP contribution in [0.3, 0.4) is 0 Å². The van der Waals surface area contributed by atoms with E-state index in [2.05, 4.69) is 45.2 Å². The molecule has 28 heavy (non-hydrogen) atoms. The number of pyridine rings is 1. The number of anilines is 1. The number of nitrogens with one attached hydrogen (secondary N) is 2. The highest BCUT2D eigenvalue weighted by molar-refractivity contribution is 7.19. The van der Waals surface area contributed by atoms with Crippen LogP contribution >= 0.6 is 11.3 Å². The molecule has 1 aliphatic rings. The Morgan fingerprint density at radius 3 is 2.79 bits per heavy atom. The lowest BCUT2D eigenvalue weighted by atomic mass is 10.0. The molecule has 146 valence electrons. The molecule has 3 heterocycles. The molecule has 0 atom stereocenters. The summed E-state index contributed by atoms with van der Waals surface area (Å²) in [5.41, 5.74) is 6.43. The van der Waals surface area contributed by atoms with Gasteiger partial charge in [0.05, 0.1) is 22.0 Å². The molecule has 0 spiro atoms. The maximum Gasteiger partial charge on any atom is 0.320 e. The van der Waals surface area contributed by atoms with Crippen molar-refractivity contribution in [2.24, 2.45) is 0 Å². The zero-order chi connectivity index (χ0) is 19.8. The van der Waals surface area contributed by atoms with Crippen LogP contribution in [-0.2, 0) is 12.8 Å². The Morgan fingerprint density at radius 1 is 1.29 bits per heavy atom. The monoisotopic (exact) mass is 396 g/mol. The molecule has 0 radical (unpaired) electrons. The fourth-order valence-electron chi connectivity index (χ4n) is 3.51. The fraction of sp³-hybridized carbons (Fsp3) is 0.400. The smallest absolute Gasteiger partial charge is 0.320 e. The molecule has 3 aromatic heterocycles. The van der Waals surface area contributed by atoms with E-state index in [1.165, 1.54) is 16.9 Å². The number of hydrogen-bond acceptors (Lipinski definition) is 5. The van der Waals surface area contributed by atoms with E-state index in [9.17, 15) is 4.79 Å². The molecular weight excluding hydrogens is 372 g/mol. The molecule has 7 nitrogen and oxygen atoms in total. The minimum atomic E-state index is -0.257. The lowest BCUT2D eigenvalue weighted by molar-refractivity contribution is 0.254. The number of aromatic nitrogens is 4. The SMILES string of the molecule is CNC(=O)Nc1nc2c(s1)-c1c(c(-c3ccc(C)nc3)nn1C(C)C)CCC2. The second-order valence-electron chi connectivity index (χ2n) is 7.25. The van der Waals surface area contributed by atoms with Gasteiger partial charge in [0, 0.05) is 36.1 Å². The van der Waals surface area contributed by atoms with Crippen molar-refractivity contribution >= 4 is 22.5 Å². The molecule has 0 unspecified atom stereocenters. The molecule has 0 aromatic carbocycles. The van der Waals surface area contributed by atoms with Gasteiger partial charge in [0.15, 0.2) is 5.13 Å². The van der Waals surface area contributed by atoms with Gasteiger partial charge < -0.3 is 5.32 Å².